The number of amides is 1. The number of ketones is 1. The van der Waals surface area contributed by atoms with Gasteiger partial charge in [0.25, 0.3) is 0 Å². The van der Waals surface area contributed by atoms with Crippen molar-refractivity contribution >= 4 is 11.7 Å². The summed E-state index contributed by atoms with van der Waals surface area (Å²) < 4.78 is 21.8. The maximum absolute atomic E-state index is 11.9. The van der Waals surface area contributed by atoms with Crippen molar-refractivity contribution < 1.29 is 31.4 Å². The van der Waals surface area contributed by atoms with Crippen LogP contribution in [0.1, 0.15) is 43.4 Å². The Morgan fingerprint density at radius 3 is 2.15 bits per heavy atom. The third-order valence-electron chi connectivity index (χ3n) is 3.46. The molecule has 1 unspecified atom stereocenters. The molecule has 0 fully saturated rings. The molecule has 0 radical (unpaired) electrons. The molecule has 0 saturated carbocycles. The van der Waals surface area contributed by atoms with E-state index in [4.69, 9.17) is 18.9 Å². The molecule has 8 heteroatoms. The first-order valence-corrected chi connectivity index (χ1v) is 9.86. The molecule has 0 aliphatic rings. The molecule has 2 N–H and O–H groups in total. The Morgan fingerprint density at radius 2 is 1.56 bits per heavy atom. The van der Waals surface area contributed by atoms with Gasteiger partial charge >= 0.3 is 0 Å². The summed E-state index contributed by atoms with van der Waals surface area (Å²) in [5.41, 5.74) is 0. The maximum atomic E-state index is 11.9. The molecule has 164 valence electrons. The summed E-state index contributed by atoms with van der Waals surface area (Å²) in [5.74, 6) is -0.183. The predicted molar refractivity (Wildman–Crippen MR) is 108 cm³/mol. The van der Waals surface area contributed by atoms with Crippen LogP contribution in [0.3, 0.4) is 0 Å². The second kappa shape index (κ2) is 18.3. The maximum Gasteiger partial charge on any atom is 0.234 e. The van der Waals surface area contributed by atoms with E-state index < -0.39 is 0 Å². The van der Waals surface area contributed by atoms with Crippen molar-refractivity contribution in [3.05, 3.63) is 0 Å². The molecule has 0 heterocycles. The summed E-state index contributed by atoms with van der Waals surface area (Å²) in [7, 11) is 0. The third kappa shape index (κ3) is 18.1. The van der Waals surface area contributed by atoms with Crippen LogP contribution in [0.15, 0.2) is 0 Å². The zero-order chi connectivity index (χ0) is 20.3. The van der Waals surface area contributed by atoms with E-state index in [9.17, 15) is 9.59 Å². The van der Waals surface area contributed by atoms with Gasteiger partial charge in [0, 0.05) is 15.9 Å². The van der Waals surface area contributed by atoms with E-state index in [2.05, 4.69) is 10.6 Å². The SMILES string of the molecule is CCCC(=O)CNC(=O)CNC(COCCOCC)COCCOC(C)C.[HH].[HH]. The highest BCUT2D eigenvalue weighted by Gasteiger charge is 2.12. The van der Waals surface area contributed by atoms with Gasteiger partial charge in [0.05, 0.1) is 64.9 Å². The Kier molecular flexibility index (Phi) is 17.6. The molecule has 0 aliphatic carbocycles. The Bertz CT molecular complexity index is 390. The Labute approximate surface area is 166 Å². The monoisotopic (exact) mass is 394 g/mol. The average Bonchev–Trinajstić information content (AvgIpc) is 2.63. The van der Waals surface area contributed by atoms with Crippen molar-refractivity contribution in [1.29, 1.82) is 0 Å². The first kappa shape index (κ1) is 25.9. The molecule has 1 atom stereocenters. The van der Waals surface area contributed by atoms with Crippen molar-refractivity contribution in [3.8, 4) is 0 Å². The third-order valence-corrected chi connectivity index (χ3v) is 3.46. The Hall–Kier alpha value is -1.06. The Morgan fingerprint density at radius 1 is 0.926 bits per heavy atom. The average molecular weight is 395 g/mol. The number of hydrogen-bond acceptors (Lipinski definition) is 7. The van der Waals surface area contributed by atoms with E-state index in [0.717, 1.165) is 6.42 Å². The van der Waals surface area contributed by atoms with Gasteiger partial charge in [-0.2, -0.15) is 0 Å². The van der Waals surface area contributed by atoms with E-state index in [1.165, 1.54) is 0 Å². The van der Waals surface area contributed by atoms with Gasteiger partial charge in [0.1, 0.15) is 0 Å². The largest absolute Gasteiger partial charge is 0.379 e. The highest BCUT2D eigenvalue weighted by atomic mass is 16.5. The van der Waals surface area contributed by atoms with Crippen molar-refractivity contribution in [2.45, 2.75) is 52.7 Å². The summed E-state index contributed by atoms with van der Waals surface area (Å²) in [6.07, 6.45) is 1.44. The fourth-order valence-corrected chi connectivity index (χ4v) is 2.09. The first-order chi connectivity index (χ1) is 13.0. The van der Waals surface area contributed by atoms with Crippen molar-refractivity contribution in [1.82, 2.24) is 10.6 Å². The lowest BCUT2D eigenvalue weighted by molar-refractivity contribution is -0.124. The fraction of sp³-hybridized carbons (Fsp3) is 0.895. The summed E-state index contributed by atoms with van der Waals surface area (Å²) in [6.45, 7) is 11.5. The van der Waals surface area contributed by atoms with E-state index in [0.29, 0.717) is 52.7 Å². The van der Waals surface area contributed by atoms with Crippen molar-refractivity contribution in [2.75, 3.05) is 59.3 Å². The van der Waals surface area contributed by atoms with Gasteiger partial charge in [-0.3, -0.25) is 9.59 Å². The van der Waals surface area contributed by atoms with Crippen LogP contribution in [0.25, 0.3) is 0 Å². The lowest BCUT2D eigenvalue weighted by Crippen LogP contribution is -2.44. The Balaban J connectivity index is -0.00000338. The van der Waals surface area contributed by atoms with Crippen LogP contribution in [-0.4, -0.2) is 83.2 Å². The van der Waals surface area contributed by atoms with Crippen LogP contribution in [0.5, 0.6) is 0 Å². The van der Waals surface area contributed by atoms with Crippen LogP contribution in [0, 0.1) is 0 Å². The summed E-state index contributed by atoms with van der Waals surface area (Å²) in [5, 5.41) is 5.73. The van der Waals surface area contributed by atoms with Crippen LogP contribution < -0.4 is 10.6 Å². The van der Waals surface area contributed by atoms with Gasteiger partial charge in [0.15, 0.2) is 5.78 Å². The van der Waals surface area contributed by atoms with Gasteiger partial charge in [-0.05, 0) is 27.2 Å². The molecule has 0 saturated heterocycles. The number of hydrogen-bond donors (Lipinski definition) is 2. The molecule has 0 aromatic heterocycles. The van der Waals surface area contributed by atoms with Crippen LogP contribution >= 0.6 is 0 Å². The zero-order valence-electron chi connectivity index (χ0n) is 17.4. The summed E-state index contributed by atoms with van der Waals surface area (Å²) >= 11 is 0. The molecule has 1 amide bonds. The highest BCUT2D eigenvalue weighted by Crippen LogP contribution is 1.93. The molecule has 0 aromatic carbocycles. The quantitative estimate of drug-likeness (QED) is 0.320. The van der Waals surface area contributed by atoms with Crippen LogP contribution in [0.2, 0.25) is 0 Å². The van der Waals surface area contributed by atoms with Gasteiger partial charge in [-0.25, -0.2) is 0 Å². The van der Waals surface area contributed by atoms with E-state index >= 15 is 0 Å². The van der Waals surface area contributed by atoms with E-state index in [1.807, 2.05) is 27.7 Å². The standard InChI is InChI=1S/C19H38N2O6.2H2/c1-5-7-18(22)12-21-19(23)13-20-17(14-25-9-8-24-6-2)15-26-10-11-27-16(3)4;;/h16-17,20H,5-15H2,1-4H3,(H,21,23);2*1H. The van der Waals surface area contributed by atoms with Gasteiger partial charge in [-0.15, -0.1) is 0 Å². The predicted octanol–water partition coefficient (Wildman–Crippen LogP) is 1.42. The molecule has 8 nitrogen and oxygen atoms in total. The van der Waals surface area contributed by atoms with E-state index in [1.54, 1.807) is 0 Å². The number of nitrogens with one attached hydrogen (secondary N) is 2. The number of Topliss-reactive ketones (excluding diaryl/α,β-unsaturated/α-hetero) is 1. The molecule has 27 heavy (non-hydrogen) atoms. The minimum atomic E-state index is -0.220. The number of ether oxygens (including phenoxy) is 4. The smallest absolute Gasteiger partial charge is 0.234 e. The van der Waals surface area contributed by atoms with Crippen molar-refractivity contribution in [2.24, 2.45) is 0 Å². The molecule has 0 bridgehead atoms. The zero-order valence-corrected chi connectivity index (χ0v) is 17.4. The molecule has 0 aromatic rings. The van der Waals surface area contributed by atoms with Crippen molar-refractivity contribution in [3.63, 3.8) is 0 Å². The minimum absolute atomic E-state index is 0. The molecule has 0 rings (SSSR count). The molecular weight excluding hydrogens is 352 g/mol. The van der Waals surface area contributed by atoms with Gasteiger partial charge in [-0.1, -0.05) is 6.92 Å². The molecule has 0 aliphatic heterocycles. The number of rotatable bonds is 19. The minimum Gasteiger partial charge on any atom is -0.379 e. The molecule has 0 spiro atoms. The normalized spacial score (nSPS) is 12.3. The van der Waals surface area contributed by atoms with E-state index in [-0.39, 0.29) is 39.8 Å². The number of carbonyl (C=O) groups excluding carboxylic acids is 2. The molecular formula is C19H42N2O6. The lowest BCUT2D eigenvalue weighted by Gasteiger charge is -2.19. The summed E-state index contributed by atoms with van der Waals surface area (Å²) in [4.78, 5) is 23.3. The highest BCUT2D eigenvalue weighted by molar-refractivity contribution is 5.86. The second-order valence-corrected chi connectivity index (χ2v) is 6.41. The van der Waals surface area contributed by atoms with Crippen LogP contribution in [-0.2, 0) is 28.5 Å². The topological polar surface area (TPSA) is 95.1 Å². The van der Waals surface area contributed by atoms with Crippen LogP contribution in [0.4, 0.5) is 0 Å². The lowest BCUT2D eigenvalue weighted by atomic mass is 10.2. The van der Waals surface area contributed by atoms with Gasteiger partial charge in [0.2, 0.25) is 5.91 Å². The second-order valence-electron chi connectivity index (χ2n) is 6.41. The first-order valence-electron chi connectivity index (χ1n) is 9.86. The fourth-order valence-electron chi connectivity index (χ4n) is 2.09. The van der Waals surface area contributed by atoms with Gasteiger partial charge < -0.3 is 29.6 Å². The summed E-state index contributed by atoms with van der Waals surface area (Å²) in [6, 6.07) is -0.136. The number of carbonyl (C=O) groups is 2.